The number of benzene rings is 1. The molecule has 0 aliphatic rings. The van der Waals surface area contributed by atoms with E-state index in [1.54, 1.807) is 38.1 Å². The molecule has 0 fully saturated rings. The first kappa shape index (κ1) is 18.2. The summed E-state index contributed by atoms with van der Waals surface area (Å²) in [7, 11) is 0. The highest BCUT2D eigenvalue weighted by Gasteiger charge is 2.37. The van der Waals surface area contributed by atoms with Crippen molar-refractivity contribution in [2.45, 2.75) is 26.3 Å². The van der Waals surface area contributed by atoms with Gasteiger partial charge in [0.05, 0.1) is 5.52 Å². The van der Waals surface area contributed by atoms with Crippen LogP contribution in [0.3, 0.4) is 0 Å². The predicted molar refractivity (Wildman–Crippen MR) is 90.3 cm³/mol. The van der Waals surface area contributed by atoms with Gasteiger partial charge in [0.2, 0.25) is 5.91 Å². The molecular formula is C17H19N3O5. The van der Waals surface area contributed by atoms with Crippen molar-refractivity contribution in [1.29, 1.82) is 0 Å². The van der Waals surface area contributed by atoms with Crippen LogP contribution < -0.4 is 15.8 Å². The first-order chi connectivity index (χ1) is 11.6. The van der Waals surface area contributed by atoms with Gasteiger partial charge < -0.3 is 20.9 Å². The highest BCUT2D eigenvalue weighted by atomic mass is 16.7. The summed E-state index contributed by atoms with van der Waals surface area (Å²) < 4.78 is 4.69. The van der Waals surface area contributed by atoms with Crippen molar-refractivity contribution in [2.24, 2.45) is 11.7 Å². The van der Waals surface area contributed by atoms with E-state index in [1.807, 2.05) is 0 Å². The molecule has 0 saturated carbocycles. The van der Waals surface area contributed by atoms with Gasteiger partial charge in [-0.25, -0.2) is 9.78 Å². The number of para-hydroxylation sites is 1. The van der Waals surface area contributed by atoms with Crippen molar-refractivity contribution in [2.75, 3.05) is 0 Å². The van der Waals surface area contributed by atoms with Crippen LogP contribution in [0.15, 0.2) is 30.3 Å². The lowest BCUT2D eigenvalue weighted by molar-refractivity contribution is -0.125. The number of nitrogens with two attached hydrogens (primary N) is 1. The summed E-state index contributed by atoms with van der Waals surface area (Å²) in [6.45, 7) is 4.96. The Hall–Kier alpha value is -3.16. The van der Waals surface area contributed by atoms with Crippen molar-refractivity contribution >= 4 is 28.9 Å². The molecule has 1 unspecified atom stereocenters. The zero-order chi connectivity index (χ0) is 18.8. The van der Waals surface area contributed by atoms with Gasteiger partial charge in [-0.2, -0.15) is 0 Å². The number of nitrogens with zero attached hydrogens (tertiary/aromatic N) is 1. The standard InChI is InChI=1S/C17H19N3O5/c1-9(2)17(3,15(18)22)20-14(21)13-12(25-16(23)24)8-10-6-4-5-7-11(10)19-13/h4-9H,1-3H3,(H2,18,22)(H,20,21)(H,23,24). The molecule has 0 aliphatic heterocycles. The molecule has 0 saturated heterocycles. The van der Waals surface area contributed by atoms with Crippen molar-refractivity contribution in [3.63, 3.8) is 0 Å². The molecule has 0 bridgehead atoms. The average molecular weight is 345 g/mol. The maximum Gasteiger partial charge on any atom is 0.511 e. The largest absolute Gasteiger partial charge is 0.511 e. The van der Waals surface area contributed by atoms with E-state index < -0.39 is 23.5 Å². The molecule has 2 aromatic rings. The number of primary amides is 1. The SMILES string of the molecule is CC(C)C(C)(NC(=O)c1nc2ccccc2cc1OC(=O)O)C(N)=O. The zero-order valence-electron chi connectivity index (χ0n) is 14.1. The molecule has 0 spiro atoms. The normalized spacial score (nSPS) is 13.3. The third-order valence-electron chi connectivity index (χ3n) is 4.14. The third kappa shape index (κ3) is 3.68. The number of carbonyl (C=O) groups excluding carboxylic acids is 2. The van der Waals surface area contributed by atoms with E-state index in [2.05, 4.69) is 15.0 Å². The third-order valence-corrected chi connectivity index (χ3v) is 4.14. The Morgan fingerprint density at radius 2 is 1.92 bits per heavy atom. The monoisotopic (exact) mass is 345 g/mol. The summed E-state index contributed by atoms with van der Waals surface area (Å²) in [6, 6.07) is 8.27. The fourth-order valence-electron chi connectivity index (χ4n) is 2.22. The first-order valence-electron chi connectivity index (χ1n) is 7.58. The number of carboxylic acid groups (broad SMARTS) is 1. The summed E-state index contributed by atoms with van der Waals surface area (Å²) >= 11 is 0. The Bertz CT molecular complexity index is 849. The molecular weight excluding hydrogens is 326 g/mol. The predicted octanol–water partition coefficient (Wildman–Crippen LogP) is 1.92. The second-order valence-electron chi connectivity index (χ2n) is 6.07. The van der Waals surface area contributed by atoms with Gasteiger partial charge in [-0.15, -0.1) is 0 Å². The van der Waals surface area contributed by atoms with E-state index in [-0.39, 0.29) is 17.4 Å². The minimum absolute atomic E-state index is 0.223. The van der Waals surface area contributed by atoms with Gasteiger partial charge in [0, 0.05) is 5.39 Å². The first-order valence-corrected chi connectivity index (χ1v) is 7.58. The number of hydrogen-bond acceptors (Lipinski definition) is 5. The lowest BCUT2D eigenvalue weighted by atomic mass is 9.87. The molecule has 2 rings (SSSR count). The summed E-state index contributed by atoms with van der Waals surface area (Å²) in [6.07, 6.45) is -1.58. The molecule has 1 atom stereocenters. The van der Waals surface area contributed by atoms with E-state index in [1.165, 1.54) is 13.0 Å². The Morgan fingerprint density at radius 3 is 2.48 bits per heavy atom. The number of rotatable bonds is 5. The van der Waals surface area contributed by atoms with Crippen molar-refractivity contribution in [3.05, 3.63) is 36.0 Å². The Balaban J connectivity index is 2.52. The van der Waals surface area contributed by atoms with E-state index in [0.717, 1.165) is 0 Å². The number of nitrogens with one attached hydrogen (secondary N) is 1. The highest BCUT2D eigenvalue weighted by molar-refractivity contribution is 6.01. The fraction of sp³-hybridized carbons (Fsp3) is 0.294. The molecule has 8 heteroatoms. The lowest BCUT2D eigenvalue weighted by Crippen LogP contribution is -2.58. The van der Waals surface area contributed by atoms with E-state index >= 15 is 0 Å². The van der Waals surface area contributed by atoms with Gasteiger partial charge in [-0.05, 0) is 25.0 Å². The molecule has 0 radical (unpaired) electrons. The number of ether oxygens (including phenoxy) is 1. The van der Waals surface area contributed by atoms with Crippen LogP contribution in [0.1, 0.15) is 31.3 Å². The molecule has 1 aromatic carbocycles. The molecule has 1 aromatic heterocycles. The van der Waals surface area contributed by atoms with Crippen LogP contribution in [0.2, 0.25) is 0 Å². The Labute approximate surface area is 144 Å². The second-order valence-corrected chi connectivity index (χ2v) is 6.07. The Kier molecular flexibility index (Phi) is 4.92. The maximum atomic E-state index is 12.7. The lowest BCUT2D eigenvalue weighted by Gasteiger charge is -2.31. The summed E-state index contributed by atoms with van der Waals surface area (Å²) in [5.41, 5.74) is 4.32. The quantitative estimate of drug-likeness (QED) is 0.709. The van der Waals surface area contributed by atoms with Crippen LogP contribution in [0.25, 0.3) is 10.9 Å². The van der Waals surface area contributed by atoms with Crippen molar-refractivity contribution < 1.29 is 24.2 Å². The number of amides is 2. The van der Waals surface area contributed by atoms with E-state index in [0.29, 0.717) is 10.9 Å². The van der Waals surface area contributed by atoms with Gasteiger partial charge in [0.15, 0.2) is 11.4 Å². The maximum absolute atomic E-state index is 12.7. The fourth-order valence-corrected chi connectivity index (χ4v) is 2.22. The van der Waals surface area contributed by atoms with E-state index in [4.69, 9.17) is 10.8 Å². The average Bonchev–Trinajstić information content (AvgIpc) is 2.53. The van der Waals surface area contributed by atoms with Gasteiger partial charge in [0.1, 0.15) is 5.54 Å². The Morgan fingerprint density at radius 1 is 1.28 bits per heavy atom. The van der Waals surface area contributed by atoms with Gasteiger partial charge >= 0.3 is 6.16 Å². The second kappa shape index (κ2) is 6.76. The van der Waals surface area contributed by atoms with Crippen LogP contribution in [0.4, 0.5) is 4.79 Å². The zero-order valence-corrected chi connectivity index (χ0v) is 14.1. The van der Waals surface area contributed by atoms with Crippen molar-refractivity contribution in [1.82, 2.24) is 10.3 Å². The van der Waals surface area contributed by atoms with Crippen molar-refractivity contribution in [3.8, 4) is 5.75 Å². The smallest absolute Gasteiger partial charge is 0.449 e. The molecule has 132 valence electrons. The highest BCUT2D eigenvalue weighted by Crippen LogP contribution is 2.25. The molecule has 8 nitrogen and oxygen atoms in total. The molecule has 0 aliphatic carbocycles. The molecule has 2 amide bonds. The van der Waals surface area contributed by atoms with Gasteiger partial charge in [0.25, 0.3) is 5.91 Å². The molecule has 1 heterocycles. The number of carbonyl (C=O) groups is 3. The topological polar surface area (TPSA) is 132 Å². The van der Waals surface area contributed by atoms with Crippen LogP contribution in [0, 0.1) is 5.92 Å². The van der Waals surface area contributed by atoms with Crippen LogP contribution in [-0.4, -0.2) is 33.6 Å². The number of hydrogen-bond donors (Lipinski definition) is 3. The number of fused-ring (bicyclic) bond motifs is 1. The van der Waals surface area contributed by atoms with Crippen LogP contribution >= 0.6 is 0 Å². The summed E-state index contributed by atoms with van der Waals surface area (Å²) in [5.74, 6) is -1.98. The number of pyridine rings is 1. The summed E-state index contributed by atoms with van der Waals surface area (Å²) in [4.78, 5) is 39.5. The van der Waals surface area contributed by atoms with Crippen LogP contribution in [-0.2, 0) is 4.79 Å². The minimum Gasteiger partial charge on any atom is -0.449 e. The van der Waals surface area contributed by atoms with Crippen LogP contribution in [0.5, 0.6) is 5.75 Å². The number of aromatic nitrogens is 1. The molecule has 25 heavy (non-hydrogen) atoms. The molecule has 4 N–H and O–H groups in total. The summed E-state index contributed by atoms with van der Waals surface area (Å²) in [5, 5.41) is 12.0. The van der Waals surface area contributed by atoms with Gasteiger partial charge in [-0.1, -0.05) is 32.0 Å². The minimum atomic E-state index is -1.58. The van der Waals surface area contributed by atoms with E-state index in [9.17, 15) is 14.4 Å². The van der Waals surface area contributed by atoms with Gasteiger partial charge in [-0.3, -0.25) is 9.59 Å².